The minimum atomic E-state index is -0.534. The molecule has 0 aliphatic rings. The first-order valence-corrected chi connectivity index (χ1v) is 6.62. The van der Waals surface area contributed by atoms with Gasteiger partial charge in [-0.1, -0.05) is 0 Å². The van der Waals surface area contributed by atoms with Crippen molar-refractivity contribution in [1.29, 1.82) is 0 Å². The molecule has 1 unspecified atom stereocenters. The van der Waals surface area contributed by atoms with Crippen LogP contribution in [0.25, 0.3) is 0 Å². The smallest absolute Gasteiger partial charge is 0.0591 e. The second-order valence-electron chi connectivity index (χ2n) is 4.75. The molecule has 0 aromatic rings. The van der Waals surface area contributed by atoms with Crippen molar-refractivity contribution < 1.29 is 9.66 Å². The lowest BCUT2D eigenvalue weighted by Crippen LogP contribution is -2.28. The van der Waals surface area contributed by atoms with E-state index in [4.69, 9.17) is 4.55 Å². The largest absolute Gasteiger partial charge is 0.390 e. The van der Waals surface area contributed by atoms with Crippen molar-refractivity contribution in [2.75, 3.05) is 12.3 Å². The number of aliphatic hydroxyl groups is 1. The fraction of sp³-hybridized carbons (Fsp3) is 1.00. The van der Waals surface area contributed by atoms with Crippen molar-refractivity contribution >= 4 is 12.0 Å². The molecular weight excluding hydrogens is 210 g/mol. The summed E-state index contributed by atoms with van der Waals surface area (Å²) in [7, 11) is 0. The summed E-state index contributed by atoms with van der Waals surface area (Å²) in [5.41, 5.74) is -0.534. The van der Waals surface area contributed by atoms with Crippen LogP contribution in [0.3, 0.4) is 0 Å². The third-order valence-electron chi connectivity index (χ3n) is 2.33. The van der Waals surface area contributed by atoms with Crippen molar-refractivity contribution in [2.24, 2.45) is 0 Å². The van der Waals surface area contributed by atoms with Crippen LogP contribution < -0.4 is 5.32 Å². The van der Waals surface area contributed by atoms with E-state index in [1.54, 1.807) is 0 Å². The molecule has 0 fully saturated rings. The van der Waals surface area contributed by atoms with Crippen molar-refractivity contribution in [3.63, 3.8) is 0 Å². The Morgan fingerprint density at radius 3 is 2.53 bits per heavy atom. The molecule has 4 heteroatoms. The van der Waals surface area contributed by atoms with E-state index in [0.717, 1.165) is 50.0 Å². The predicted octanol–water partition coefficient (Wildman–Crippen LogP) is 2.50. The van der Waals surface area contributed by atoms with Gasteiger partial charge in [-0.15, -0.1) is 0 Å². The van der Waals surface area contributed by atoms with Crippen LogP contribution in [0, 0.1) is 0 Å². The van der Waals surface area contributed by atoms with Gasteiger partial charge in [0.1, 0.15) is 0 Å². The summed E-state index contributed by atoms with van der Waals surface area (Å²) < 4.78 is 8.52. The second-order valence-corrected chi connectivity index (χ2v) is 5.41. The maximum Gasteiger partial charge on any atom is 0.0591 e. The third-order valence-corrected chi connectivity index (χ3v) is 2.80. The molecule has 0 aliphatic heterocycles. The van der Waals surface area contributed by atoms with Crippen LogP contribution >= 0.6 is 12.0 Å². The molecule has 3 N–H and O–H groups in total. The van der Waals surface area contributed by atoms with Gasteiger partial charge in [-0.25, -0.2) is 0 Å². The van der Waals surface area contributed by atoms with Gasteiger partial charge in [-0.3, -0.25) is 0 Å². The first-order valence-electron chi connectivity index (χ1n) is 5.68. The molecule has 0 saturated carbocycles. The van der Waals surface area contributed by atoms with Gasteiger partial charge in [0.2, 0.25) is 0 Å². The molecule has 0 saturated heterocycles. The van der Waals surface area contributed by atoms with Gasteiger partial charge in [0, 0.05) is 11.8 Å². The summed E-state index contributed by atoms with van der Waals surface area (Å²) in [4.78, 5) is 0. The van der Waals surface area contributed by atoms with E-state index in [0.29, 0.717) is 6.04 Å². The average molecular weight is 235 g/mol. The van der Waals surface area contributed by atoms with Crippen LogP contribution in [0.1, 0.15) is 46.5 Å². The summed E-state index contributed by atoms with van der Waals surface area (Å²) in [5, 5.41) is 12.9. The number of hydrogen-bond acceptors (Lipinski definition) is 4. The zero-order valence-electron chi connectivity index (χ0n) is 10.1. The maximum atomic E-state index is 9.53. The number of hydrogen-bond donors (Lipinski definition) is 3. The SMILES string of the molecule is CC(CCCC(C)(C)O)NCCCSO. The van der Waals surface area contributed by atoms with Gasteiger partial charge >= 0.3 is 0 Å². The quantitative estimate of drug-likeness (QED) is 0.424. The van der Waals surface area contributed by atoms with Gasteiger partial charge in [-0.05, 0) is 65.0 Å². The molecule has 0 heterocycles. The zero-order chi connectivity index (χ0) is 11.7. The topological polar surface area (TPSA) is 52.5 Å². The number of rotatable bonds is 9. The molecule has 15 heavy (non-hydrogen) atoms. The Bertz CT molecular complexity index is 148. The lowest BCUT2D eigenvalue weighted by atomic mass is 10.00. The van der Waals surface area contributed by atoms with Crippen LogP contribution in [0.5, 0.6) is 0 Å². The van der Waals surface area contributed by atoms with Gasteiger partial charge in [0.05, 0.1) is 5.60 Å². The Balaban J connectivity index is 3.29. The van der Waals surface area contributed by atoms with E-state index in [2.05, 4.69) is 12.2 Å². The summed E-state index contributed by atoms with van der Waals surface area (Å²) in [6, 6.07) is 0.496. The summed E-state index contributed by atoms with van der Waals surface area (Å²) in [5.74, 6) is 0.795. The first kappa shape index (κ1) is 15.2. The van der Waals surface area contributed by atoms with Crippen LogP contribution in [0.15, 0.2) is 0 Å². The van der Waals surface area contributed by atoms with Crippen molar-refractivity contribution in [3.05, 3.63) is 0 Å². The van der Waals surface area contributed by atoms with E-state index in [1.165, 1.54) is 0 Å². The van der Waals surface area contributed by atoms with Crippen molar-refractivity contribution in [3.8, 4) is 0 Å². The molecule has 1 atom stereocenters. The maximum absolute atomic E-state index is 9.53. The Kier molecular flexibility index (Phi) is 8.52. The number of nitrogens with one attached hydrogen (secondary N) is 1. The summed E-state index contributed by atoms with van der Waals surface area (Å²) >= 11 is 0.901. The fourth-order valence-corrected chi connectivity index (χ4v) is 1.70. The molecule has 0 amide bonds. The molecule has 0 spiro atoms. The Hall–Kier alpha value is 0.230. The molecule has 0 aliphatic carbocycles. The molecule has 0 bridgehead atoms. The van der Waals surface area contributed by atoms with Crippen LogP contribution in [-0.2, 0) is 0 Å². The average Bonchev–Trinajstić information content (AvgIpc) is 2.10. The van der Waals surface area contributed by atoms with Gasteiger partial charge < -0.3 is 15.0 Å². The summed E-state index contributed by atoms with van der Waals surface area (Å²) in [6.07, 6.45) is 3.99. The van der Waals surface area contributed by atoms with E-state index >= 15 is 0 Å². The second kappa shape index (κ2) is 8.39. The molecule has 0 radical (unpaired) electrons. The Morgan fingerprint density at radius 2 is 2.00 bits per heavy atom. The monoisotopic (exact) mass is 235 g/mol. The highest BCUT2D eigenvalue weighted by molar-refractivity contribution is 7.93. The van der Waals surface area contributed by atoms with Gasteiger partial charge in [0.15, 0.2) is 0 Å². The third kappa shape index (κ3) is 12.2. The summed E-state index contributed by atoms with van der Waals surface area (Å²) in [6.45, 7) is 6.82. The van der Waals surface area contributed by atoms with E-state index in [-0.39, 0.29) is 0 Å². The van der Waals surface area contributed by atoms with Gasteiger partial charge in [-0.2, -0.15) is 0 Å². The Labute approximate surface area is 97.9 Å². The van der Waals surface area contributed by atoms with Crippen molar-refractivity contribution in [2.45, 2.75) is 58.1 Å². The molecule has 0 aromatic carbocycles. The van der Waals surface area contributed by atoms with Crippen LogP contribution in [0.2, 0.25) is 0 Å². The van der Waals surface area contributed by atoms with E-state index in [9.17, 15) is 5.11 Å². The highest BCUT2D eigenvalue weighted by Crippen LogP contribution is 2.13. The highest BCUT2D eigenvalue weighted by atomic mass is 32.2. The fourth-order valence-electron chi connectivity index (χ4n) is 1.43. The van der Waals surface area contributed by atoms with Crippen LogP contribution in [0.4, 0.5) is 0 Å². The van der Waals surface area contributed by atoms with Crippen molar-refractivity contribution in [1.82, 2.24) is 5.32 Å². The lowest BCUT2D eigenvalue weighted by Gasteiger charge is -2.19. The highest BCUT2D eigenvalue weighted by Gasteiger charge is 2.12. The van der Waals surface area contributed by atoms with Crippen LogP contribution in [-0.4, -0.2) is 33.6 Å². The predicted molar refractivity (Wildman–Crippen MR) is 67.3 cm³/mol. The van der Waals surface area contributed by atoms with E-state index < -0.39 is 5.60 Å². The molecule has 0 rings (SSSR count). The Morgan fingerprint density at radius 1 is 1.33 bits per heavy atom. The normalized spacial score (nSPS) is 14.2. The molecule has 92 valence electrons. The zero-order valence-corrected chi connectivity index (χ0v) is 10.9. The lowest BCUT2D eigenvalue weighted by molar-refractivity contribution is 0.0675. The molecule has 0 aromatic heterocycles. The van der Waals surface area contributed by atoms with Gasteiger partial charge in [0.25, 0.3) is 0 Å². The first-order chi connectivity index (χ1) is 6.95. The molecular formula is C11H25NO2S. The minimum absolute atomic E-state index is 0.496. The standard InChI is InChI=1S/C11H25NO2S/c1-10(12-8-5-9-15-14)6-4-7-11(2,3)13/h10,12-14H,4-9H2,1-3H3. The molecule has 3 nitrogen and oxygen atoms in total. The van der Waals surface area contributed by atoms with E-state index in [1.807, 2.05) is 13.8 Å². The minimum Gasteiger partial charge on any atom is -0.390 e.